The Labute approximate surface area is 115 Å². The summed E-state index contributed by atoms with van der Waals surface area (Å²) in [6.45, 7) is 5.05. The molecular formula is C13H22N2O3S. The van der Waals surface area contributed by atoms with Crippen LogP contribution in [0, 0.1) is 0 Å². The normalized spacial score (nSPS) is 11.8. The first-order valence-electron chi connectivity index (χ1n) is 6.51. The van der Waals surface area contributed by atoms with E-state index in [2.05, 4.69) is 5.32 Å². The zero-order valence-corrected chi connectivity index (χ0v) is 12.3. The molecule has 0 radical (unpaired) electrons. The number of nitrogens with one attached hydrogen (secondary N) is 1. The van der Waals surface area contributed by atoms with Crippen molar-refractivity contribution in [3.05, 3.63) is 24.3 Å². The smallest absolute Gasteiger partial charge is 0.243 e. The van der Waals surface area contributed by atoms with Crippen molar-refractivity contribution in [1.29, 1.82) is 0 Å². The van der Waals surface area contributed by atoms with Gasteiger partial charge < -0.3 is 10.4 Å². The van der Waals surface area contributed by atoms with Gasteiger partial charge in [-0.05, 0) is 37.6 Å². The number of anilines is 1. The highest BCUT2D eigenvalue weighted by atomic mass is 32.2. The monoisotopic (exact) mass is 286 g/mol. The lowest BCUT2D eigenvalue weighted by molar-refractivity contribution is 0.253. The summed E-state index contributed by atoms with van der Waals surface area (Å²) in [5, 5.41) is 12.1. The number of benzene rings is 1. The fourth-order valence-electron chi connectivity index (χ4n) is 1.81. The van der Waals surface area contributed by atoms with Crippen molar-refractivity contribution >= 4 is 15.7 Å². The first kappa shape index (κ1) is 15.9. The van der Waals surface area contributed by atoms with Crippen LogP contribution in [0.1, 0.15) is 20.3 Å². The maximum Gasteiger partial charge on any atom is 0.243 e. The Morgan fingerprint density at radius 3 is 2.26 bits per heavy atom. The summed E-state index contributed by atoms with van der Waals surface area (Å²) in [5.74, 6) is 0. The number of aliphatic hydroxyl groups excluding tert-OH is 1. The van der Waals surface area contributed by atoms with Crippen molar-refractivity contribution in [2.75, 3.05) is 31.6 Å². The van der Waals surface area contributed by atoms with E-state index in [-0.39, 0.29) is 18.0 Å². The fourth-order valence-corrected chi connectivity index (χ4v) is 3.33. The number of rotatable bonds is 8. The van der Waals surface area contributed by atoms with Crippen molar-refractivity contribution < 1.29 is 13.5 Å². The third-order valence-corrected chi connectivity index (χ3v) is 4.61. The van der Waals surface area contributed by atoms with Gasteiger partial charge in [0.1, 0.15) is 0 Å². The SMILES string of the molecule is CCCN(CCO)S(=O)(=O)c1ccc(NCC)cc1. The number of aliphatic hydroxyl groups is 1. The first-order chi connectivity index (χ1) is 9.06. The summed E-state index contributed by atoms with van der Waals surface area (Å²) in [5.41, 5.74) is 0.894. The molecule has 6 heteroatoms. The van der Waals surface area contributed by atoms with E-state index in [0.29, 0.717) is 13.0 Å². The van der Waals surface area contributed by atoms with Crippen molar-refractivity contribution in [2.45, 2.75) is 25.2 Å². The first-order valence-corrected chi connectivity index (χ1v) is 7.95. The molecule has 0 amide bonds. The highest BCUT2D eigenvalue weighted by Crippen LogP contribution is 2.18. The summed E-state index contributed by atoms with van der Waals surface area (Å²) in [6.07, 6.45) is 0.717. The van der Waals surface area contributed by atoms with Crippen LogP contribution in [0.25, 0.3) is 0 Å². The van der Waals surface area contributed by atoms with Gasteiger partial charge in [-0.25, -0.2) is 8.42 Å². The topological polar surface area (TPSA) is 69.6 Å². The molecule has 0 unspecified atom stereocenters. The zero-order chi connectivity index (χ0) is 14.3. The lowest BCUT2D eigenvalue weighted by Crippen LogP contribution is -2.34. The van der Waals surface area contributed by atoms with Crippen molar-refractivity contribution in [3.8, 4) is 0 Å². The standard InChI is InChI=1S/C13H22N2O3S/c1-3-9-15(10-11-16)19(17,18)13-7-5-12(6-8-13)14-4-2/h5-8,14,16H,3-4,9-11H2,1-2H3. The van der Waals surface area contributed by atoms with Gasteiger partial charge >= 0.3 is 0 Å². The molecule has 19 heavy (non-hydrogen) atoms. The molecule has 5 nitrogen and oxygen atoms in total. The zero-order valence-electron chi connectivity index (χ0n) is 11.5. The van der Waals surface area contributed by atoms with Gasteiger partial charge in [0.05, 0.1) is 11.5 Å². The Kier molecular flexibility index (Phi) is 6.27. The van der Waals surface area contributed by atoms with E-state index in [9.17, 15) is 8.42 Å². The van der Waals surface area contributed by atoms with Crippen LogP contribution in [0.4, 0.5) is 5.69 Å². The second-order valence-corrected chi connectivity index (χ2v) is 6.12. The van der Waals surface area contributed by atoms with Crippen molar-refractivity contribution in [2.24, 2.45) is 0 Å². The summed E-state index contributed by atoms with van der Waals surface area (Å²) >= 11 is 0. The van der Waals surface area contributed by atoms with Gasteiger partial charge in [0.15, 0.2) is 0 Å². The largest absolute Gasteiger partial charge is 0.395 e. The van der Waals surface area contributed by atoms with Crippen molar-refractivity contribution in [1.82, 2.24) is 4.31 Å². The Bertz CT molecular complexity index is 465. The van der Waals surface area contributed by atoms with Crippen LogP contribution in [0.5, 0.6) is 0 Å². The molecular weight excluding hydrogens is 264 g/mol. The van der Waals surface area contributed by atoms with E-state index in [1.807, 2.05) is 13.8 Å². The van der Waals surface area contributed by atoms with E-state index >= 15 is 0 Å². The van der Waals surface area contributed by atoms with Crippen LogP contribution >= 0.6 is 0 Å². The van der Waals surface area contributed by atoms with E-state index in [4.69, 9.17) is 5.11 Å². The number of hydrogen-bond acceptors (Lipinski definition) is 4. The molecule has 0 aliphatic heterocycles. The van der Waals surface area contributed by atoms with Crippen LogP contribution in [-0.2, 0) is 10.0 Å². The Hall–Kier alpha value is -1.11. The second kappa shape index (κ2) is 7.47. The van der Waals surface area contributed by atoms with Gasteiger partial charge in [0.2, 0.25) is 10.0 Å². The van der Waals surface area contributed by atoms with Crippen LogP contribution in [0.15, 0.2) is 29.2 Å². The molecule has 1 aromatic carbocycles. The summed E-state index contributed by atoms with van der Waals surface area (Å²) < 4.78 is 26.1. The lowest BCUT2D eigenvalue weighted by Gasteiger charge is -2.20. The number of hydrogen-bond donors (Lipinski definition) is 2. The molecule has 1 aromatic rings. The van der Waals surface area contributed by atoms with E-state index in [1.165, 1.54) is 4.31 Å². The second-order valence-electron chi connectivity index (χ2n) is 4.18. The minimum absolute atomic E-state index is 0.130. The molecule has 0 aliphatic carbocycles. The van der Waals surface area contributed by atoms with Gasteiger partial charge in [0.25, 0.3) is 0 Å². The Morgan fingerprint density at radius 1 is 1.16 bits per heavy atom. The summed E-state index contributed by atoms with van der Waals surface area (Å²) in [7, 11) is -3.51. The van der Waals surface area contributed by atoms with Gasteiger partial charge in [-0.15, -0.1) is 0 Å². The highest BCUT2D eigenvalue weighted by Gasteiger charge is 2.22. The van der Waals surface area contributed by atoms with Crippen LogP contribution in [0.3, 0.4) is 0 Å². The minimum Gasteiger partial charge on any atom is -0.395 e. The van der Waals surface area contributed by atoms with Crippen molar-refractivity contribution in [3.63, 3.8) is 0 Å². The van der Waals surface area contributed by atoms with Crippen LogP contribution in [0.2, 0.25) is 0 Å². The molecule has 108 valence electrons. The highest BCUT2D eigenvalue weighted by molar-refractivity contribution is 7.89. The van der Waals surface area contributed by atoms with Gasteiger partial charge in [-0.3, -0.25) is 0 Å². The molecule has 0 aromatic heterocycles. The predicted molar refractivity (Wildman–Crippen MR) is 76.7 cm³/mol. The average Bonchev–Trinajstić information content (AvgIpc) is 2.39. The minimum atomic E-state index is -3.51. The Morgan fingerprint density at radius 2 is 1.79 bits per heavy atom. The number of sulfonamides is 1. The molecule has 0 heterocycles. The van der Waals surface area contributed by atoms with E-state index in [0.717, 1.165) is 12.2 Å². The fraction of sp³-hybridized carbons (Fsp3) is 0.538. The third-order valence-electron chi connectivity index (χ3n) is 2.70. The molecule has 1 rings (SSSR count). The maximum atomic E-state index is 12.4. The van der Waals surface area contributed by atoms with Crippen LogP contribution in [-0.4, -0.2) is 44.1 Å². The molecule has 0 spiro atoms. The maximum absolute atomic E-state index is 12.4. The van der Waals surface area contributed by atoms with E-state index in [1.54, 1.807) is 24.3 Å². The average molecular weight is 286 g/mol. The molecule has 0 saturated carbocycles. The third kappa shape index (κ3) is 4.19. The lowest BCUT2D eigenvalue weighted by atomic mass is 10.3. The summed E-state index contributed by atoms with van der Waals surface area (Å²) in [4.78, 5) is 0.260. The van der Waals surface area contributed by atoms with Gasteiger partial charge in [-0.1, -0.05) is 6.92 Å². The summed E-state index contributed by atoms with van der Waals surface area (Å²) in [6, 6.07) is 6.68. The van der Waals surface area contributed by atoms with Gasteiger partial charge in [-0.2, -0.15) is 4.31 Å². The quantitative estimate of drug-likeness (QED) is 0.760. The number of nitrogens with zero attached hydrogens (tertiary/aromatic N) is 1. The molecule has 0 fully saturated rings. The molecule has 0 bridgehead atoms. The Balaban J connectivity index is 2.96. The van der Waals surface area contributed by atoms with E-state index < -0.39 is 10.0 Å². The van der Waals surface area contributed by atoms with Gasteiger partial charge in [0, 0.05) is 25.3 Å². The molecule has 0 atom stereocenters. The molecule has 2 N–H and O–H groups in total. The molecule has 0 aliphatic rings. The predicted octanol–water partition coefficient (Wildman–Crippen LogP) is 1.51. The van der Waals surface area contributed by atoms with Crippen LogP contribution < -0.4 is 5.32 Å². The molecule has 0 saturated heterocycles.